The second-order valence-corrected chi connectivity index (χ2v) is 7.69. The van der Waals surface area contributed by atoms with Crippen LogP contribution < -0.4 is 4.90 Å². The number of aryl methyl sites for hydroxylation is 1. The van der Waals surface area contributed by atoms with Crippen LogP contribution in [0.5, 0.6) is 0 Å². The van der Waals surface area contributed by atoms with Crippen molar-refractivity contribution < 1.29 is 12.8 Å². The number of hydrogen-bond acceptors (Lipinski definition) is 5. The molecule has 1 aliphatic rings. The van der Waals surface area contributed by atoms with E-state index < -0.39 is 9.84 Å². The highest BCUT2D eigenvalue weighted by Crippen LogP contribution is 2.33. The Bertz CT molecular complexity index is 745. The van der Waals surface area contributed by atoms with E-state index in [1.807, 2.05) is 4.90 Å². The van der Waals surface area contributed by atoms with Crippen LogP contribution in [0.3, 0.4) is 0 Å². The highest BCUT2D eigenvalue weighted by atomic mass is 32.2. The third-order valence-electron chi connectivity index (χ3n) is 4.07. The van der Waals surface area contributed by atoms with Crippen LogP contribution in [0.15, 0.2) is 44.7 Å². The molecule has 0 aliphatic carbocycles. The molecule has 0 amide bonds. The van der Waals surface area contributed by atoms with Crippen LogP contribution >= 0.6 is 0 Å². The fourth-order valence-electron chi connectivity index (χ4n) is 2.70. The molecule has 22 heavy (non-hydrogen) atoms. The maximum absolute atomic E-state index is 12.8. The van der Waals surface area contributed by atoms with Crippen molar-refractivity contribution >= 4 is 15.7 Å². The van der Waals surface area contributed by atoms with Gasteiger partial charge in [-0.15, -0.1) is 0 Å². The molecule has 0 radical (unpaired) electrons. The lowest BCUT2D eigenvalue weighted by Crippen LogP contribution is -2.33. The molecular formula is C16H20N2O3S. The Labute approximate surface area is 130 Å². The monoisotopic (exact) mass is 320 g/mol. The van der Waals surface area contributed by atoms with Gasteiger partial charge in [0.25, 0.3) is 0 Å². The van der Waals surface area contributed by atoms with Crippen molar-refractivity contribution in [3.8, 4) is 0 Å². The number of hydrogen-bond donors (Lipinski definition) is 0. The smallest absolute Gasteiger partial charge is 0.236 e. The Morgan fingerprint density at radius 3 is 2.45 bits per heavy atom. The number of anilines is 1. The summed E-state index contributed by atoms with van der Waals surface area (Å²) in [6.45, 7) is 5.49. The van der Waals surface area contributed by atoms with Crippen molar-refractivity contribution in [3.63, 3.8) is 0 Å². The van der Waals surface area contributed by atoms with Gasteiger partial charge >= 0.3 is 0 Å². The minimum atomic E-state index is -3.66. The maximum atomic E-state index is 12.8. The quantitative estimate of drug-likeness (QED) is 0.870. The Kier molecular flexibility index (Phi) is 3.95. The highest BCUT2D eigenvalue weighted by molar-refractivity contribution is 7.91. The Morgan fingerprint density at radius 2 is 1.82 bits per heavy atom. The van der Waals surface area contributed by atoms with Gasteiger partial charge in [-0.2, -0.15) is 4.98 Å². The molecule has 1 aliphatic heterocycles. The molecule has 5 nitrogen and oxygen atoms in total. The molecule has 0 N–H and O–H groups in total. The molecule has 0 bridgehead atoms. The first-order chi connectivity index (χ1) is 10.5. The zero-order valence-electron chi connectivity index (χ0n) is 12.8. The van der Waals surface area contributed by atoms with Gasteiger partial charge in [-0.05, 0) is 30.9 Å². The fourth-order valence-corrected chi connectivity index (χ4v) is 4.08. The molecule has 0 spiro atoms. The SMILES string of the molecule is Cc1nc(S(=O)(=O)c2ccccc2)c(N2CCC(C)CC2)o1. The van der Waals surface area contributed by atoms with Gasteiger partial charge in [0.1, 0.15) is 0 Å². The summed E-state index contributed by atoms with van der Waals surface area (Å²) in [5.74, 6) is 1.42. The molecule has 2 heterocycles. The summed E-state index contributed by atoms with van der Waals surface area (Å²) in [5, 5.41) is 0.0331. The lowest BCUT2D eigenvalue weighted by atomic mass is 9.99. The van der Waals surface area contributed by atoms with Crippen LogP contribution in [0.25, 0.3) is 0 Å². The minimum absolute atomic E-state index is 0.0331. The van der Waals surface area contributed by atoms with E-state index in [9.17, 15) is 8.42 Å². The number of sulfone groups is 1. The van der Waals surface area contributed by atoms with E-state index in [0.29, 0.717) is 17.7 Å². The average Bonchev–Trinajstić information content (AvgIpc) is 2.92. The van der Waals surface area contributed by atoms with Crippen molar-refractivity contribution in [2.75, 3.05) is 18.0 Å². The summed E-state index contributed by atoms with van der Waals surface area (Å²) >= 11 is 0. The summed E-state index contributed by atoms with van der Waals surface area (Å²) in [4.78, 5) is 6.40. The zero-order valence-corrected chi connectivity index (χ0v) is 13.6. The maximum Gasteiger partial charge on any atom is 0.236 e. The molecule has 2 aromatic rings. The van der Waals surface area contributed by atoms with Crippen LogP contribution in [0.2, 0.25) is 0 Å². The lowest BCUT2D eigenvalue weighted by molar-refractivity contribution is 0.410. The van der Waals surface area contributed by atoms with E-state index in [2.05, 4.69) is 11.9 Å². The van der Waals surface area contributed by atoms with Crippen molar-refractivity contribution in [2.24, 2.45) is 5.92 Å². The second kappa shape index (κ2) is 5.76. The molecule has 0 unspecified atom stereocenters. The van der Waals surface area contributed by atoms with Gasteiger partial charge in [0.15, 0.2) is 5.89 Å². The van der Waals surface area contributed by atoms with Crippen molar-refractivity contribution in [2.45, 2.75) is 36.6 Å². The Balaban J connectivity index is 2.01. The number of piperidine rings is 1. The summed E-state index contributed by atoms with van der Waals surface area (Å²) < 4.78 is 31.3. The van der Waals surface area contributed by atoms with Gasteiger partial charge in [0.05, 0.1) is 4.90 Å². The van der Waals surface area contributed by atoms with E-state index in [-0.39, 0.29) is 9.92 Å². The number of oxazole rings is 1. The van der Waals surface area contributed by atoms with E-state index >= 15 is 0 Å². The standard InChI is InChI=1S/C16H20N2O3S/c1-12-8-10-18(11-9-12)16-15(17-13(2)21-16)22(19,20)14-6-4-3-5-7-14/h3-7,12H,8-11H2,1-2H3. The predicted molar refractivity (Wildman–Crippen MR) is 83.7 cm³/mol. The molecule has 1 saturated heterocycles. The van der Waals surface area contributed by atoms with E-state index in [4.69, 9.17) is 4.42 Å². The Morgan fingerprint density at radius 1 is 1.18 bits per heavy atom. The summed E-state index contributed by atoms with van der Waals surface area (Å²) in [5.41, 5.74) is 0. The molecule has 0 atom stereocenters. The normalized spacial score (nSPS) is 16.9. The fraction of sp³-hybridized carbons (Fsp3) is 0.438. The van der Waals surface area contributed by atoms with Gasteiger partial charge in [0, 0.05) is 20.0 Å². The largest absolute Gasteiger partial charge is 0.424 e. The third kappa shape index (κ3) is 2.75. The van der Waals surface area contributed by atoms with E-state index in [0.717, 1.165) is 25.9 Å². The number of nitrogens with zero attached hydrogens (tertiary/aromatic N) is 2. The molecule has 1 fully saturated rings. The summed E-state index contributed by atoms with van der Waals surface area (Å²) in [6.07, 6.45) is 2.06. The highest BCUT2D eigenvalue weighted by Gasteiger charge is 2.31. The number of aromatic nitrogens is 1. The Hall–Kier alpha value is -1.82. The molecule has 1 aromatic heterocycles. The van der Waals surface area contributed by atoms with Crippen molar-refractivity contribution in [3.05, 3.63) is 36.2 Å². The van der Waals surface area contributed by atoms with Gasteiger partial charge in [0.2, 0.25) is 20.7 Å². The molecular weight excluding hydrogens is 300 g/mol. The first kappa shape index (κ1) is 15.1. The zero-order chi connectivity index (χ0) is 15.7. The van der Waals surface area contributed by atoms with Gasteiger partial charge in [-0.1, -0.05) is 25.1 Å². The molecule has 6 heteroatoms. The van der Waals surface area contributed by atoms with Crippen LogP contribution in [0.1, 0.15) is 25.7 Å². The van der Waals surface area contributed by atoms with Gasteiger partial charge in [-0.25, -0.2) is 8.42 Å². The van der Waals surface area contributed by atoms with Crippen LogP contribution in [-0.4, -0.2) is 26.5 Å². The van der Waals surface area contributed by atoms with Crippen LogP contribution in [0.4, 0.5) is 5.88 Å². The predicted octanol–water partition coefficient (Wildman–Crippen LogP) is 3.05. The third-order valence-corrected chi connectivity index (χ3v) is 5.73. The van der Waals surface area contributed by atoms with Gasteiger partial charge < -0.3 is 9.32 Å². The average molecular weight is 320 g/mol. The van der Waals surface area contributed by atoms with E-state index in [1.165, 1.54) is 0 Å². The van der Waals surface area contributed by atoms with Crippen LogP contribution in [0, 0.1) is 12.8 Å². The molecule has 0 saturated carbocycles. The first-order valence-electron chi connectivity index (χ1n) is 7.51. The van der Waals surface area contributed by atoms with Crippen LogP contribution in [-0.2, 0) is 9.84 Å². The molecule has 1 aromatic carbocycles. The minimum Gasteiger partial charge on any atom is -0.424 e. The summed E-state index contributed by atoms with van der Waals surface area (Å²) in [6, 6.07) is 8.38. The lowest BCUT2D eigenvalue weighted by Gasteiger charge is -2.30. The van der Waals surface area contributed by atoms with E-state index in [1.54, 1.807) is 37.3 Å². The topological polar surface area (TPSA) is 63.4 Å². The van der Waals surface area contributed by atoms with Gasteiger partial charge in [-0.3, -0.25) is 0 Å². The molecule has 118 valence electrons. The molecule has 3 rings (SSSR count). The number of benzene rings is 1. The van der Waals surface area contributed by atoms with Crippen molar-refractivity contribution in [1.29, 1.82) is 0 Å². The first-order valence-corrected chi connectivity index (χ1v) is 8.99. The second-order valence-electron chi connectivity index (χ2n) is 5.83. The number of rotatable bonds is 3. The van der Waals surface area contributed by atoms with Crippen molar-refractivity contribution in [1.82, 2.24) is 4.98 Å². The summed E-state index contributed by atoms with van der Waals surface area (Å²) in [7, 11) is -3.66.